The van der Waals surface area contributed by atoms with Crippen molar-refractivity contribution in [3.05, 3.63) is 35.4 Å². The molecule has 1 heterocycles. The minimum Gasteiger partial charge on any atom is -0.478 e. The zero-order valence-electron chi connectivity index (χ0n) is 12.4. The standard InChI is InChI=1S/C16H21NO4/c1-11-8-10-21-14(11)15(18)17(2)9-7-12-5-3-4-6-13(12)16(19)20/h3-6,11,14H,7-10H2,1-2H3,(H,19,20). The summed E-state index contributed by atoms with van der Waals surface area (Å²) in [5.74, 6) is -0.716. The number of carboxylic acids is 1. The van der Waals surface area contributed by atoms with Crippen LogP contribution in [0.15, 0.2) is 24.3 Å². The third-order valence-corrected chi connectivity index (χ3v) is 3.97. The maximum absolute atomic E-state index is 12.3. The number of benzene rings is 1. The summed E-state index contributed by atoms with van der Waals surface area (Å²) in [7, 11) is 1.74. The second kappa shape index (κ2) is 6.72. The fourth-order valence-corrected chi connectivity index (χ4v) is 2.57. The fourth-order valence-electron chi connectivity index (χ4n) is 2.57. The molecular formula is C16H21NO4. The molecule has 114 valence electrons. The number of hydrogen-bond donors (Lipinski definition) is 1. The largest absolute Gasteiger partial charge is 0.478 e. The van der Waals surface area contributed by atoms with E-state index in [1.807, 2.05) is 13.0 Å². The van der Waals surface area contributed by atoms with Gasteiger partial charge in [0.2, 0.25) is 0 Å². The maximum Gasteiger partial charge on any atom is 0.335 e. The molecule has 0 aliphatic carbocycles. The van der Waals surface area contributed by atoms with E-state index in [2.05, 4.69) is 0 Å². The molecule has 0 saturated carbocycles. The average molecular weight is 291 g/mol. The third kappa shape index (κ3) is 3.61. The van der Waals surface area contributed by atoms with Gasteiger partial charge in [0.15, 0.2) is 0 Å². The molecule has 1 aromatic carbocycles. The van der Waals surface area contributed by atoms with Gasteiger partial charge in [0.1, 0.15) is 6.10 Å². The van der Waals surface area contributed by atoms with E-state index in [-0.39, 0.29) is 17.9 Å². The van der Waals surface area contributed by atoms with E-state index in [4.69, 9.17) is 9.84 Å². The van der Waals surface area contributed by atoms with Crippen molar-refractivity contribution in [2.45, 2.75) is 25.9 Å². The highest BCUT2D eigenvalue weighted by Crippen LogP contribution is 2.21. The first-order chi connectivity index (χ1) is 10.0. The zero-order chi connectivity index (χ0) is 15.4. The summed E-state index contributed by atoms with van der Waals surface area (Å²) in [5.41, 5.74) is 1.04. The Morgan fingerprint density at radius 1 is 1.38 bits per heavy atom. The predicted octanol–water partition coefficient (Wildman–Crippen LogP) is 1.81. The number of aromatic carboxylic acids is 1. The number of carbonyl (C=O) groups excluding carboxylic acids is 1. The topological polar surface area (TPSA) is 66.8 Å². The van der Waals surface area contributed by atoms with Crippen molar-refractivity contribution < 1.29 is 19.4 Å². The Bertz CT molecular complexity index is 529. The number of amides is 1. The normalized spacial score (nSPS) is 21.2. The van der Waals surface area contributed by atoms with Crippen molar-refractivity contribution >= 4 is 11.9 Å². The first-order valence-corrected chi connectivity index (χ1v) is 7.18. The molecule has 1 aromatic rings. The summed E-state index contributed by atoms with van der Waals surface area (Å²) in [6.45, 7) is 3.13. The SMILES string of the molecule is CC1CCOC1C(=O)N(C)CCc1ccccc1C(=O)O. The summed E-state index contributed by atoms with van der Waals surface area (Å²) >= 11 is 0. The first kappa shape index (κ1) is 15.5. The van der Waals surface area contributed by atoms with Crippen molar-refractivity contribution in [3.8, 4) is 0 Å². The molecule has 21 heavy (non-hydrogen) atoms. The summed E-state index contributed by atoms with van der Waals surface area (Å²) in [6.07, 6.45) is 1.07. The van der Waals surface area contributed by atoms with E-state index in [0.29, 0.717) is 25.1 Å². The van der Waals surface area contributed by atoms with Crippen LogP contribution in [0.4, 0.5) is 0 Å². The number of carbonyl (C=O) groups is 2. The number of nitrogens with zero attached hydrogens (tertiary/aromatic N) is 1. The van der Waals surface area contributed by atoms with Crippen LogP contribution in [0.5, 0.6) is 0 Å². The molecule has 1 amide bonds. The molecule has 0 radical (unpaired) electrons. The number of ether oxygens (including phenoxy) is 1. The van der Waals surface area contributed by atoms with E-state index in [1.165, 1.54) is 0 Å². The Morgan fingerprint density at radius 2 is 2.10 bits per heavy atom. The van der Waals surface area contributed by atoms with Crippen molar-refractivity contribution in [2.75, 3.05) is 20.2 Å². The Balaban J connectivity index is 1.96. The Hall–Kier alpha value is -1.88. The van der Waals surface area contributed by atoms with Gasteiger partial charge in [-0.15, -0.1) is 0 Å². The smallest absolute Gasteiger partial charge is 0.335 e. The van der Waals surface area contributed by atoms with Gasteiger partial charge in [0.25, 0.3) is 5.91 Å². The highest BCUT2D eigenvalue weighted by Gasteiger charge is 2.32. The number of carboxylic acid groups (broad SMARTS) is 1. The molecule has 1 fully saturated rings. The highest BCUT2D eigenvalue weighted by molar-refractivity contribution is 5.89. The maximum atomic E-state index is 12.3. The fraction of sp³-hybridized carbons (Fsp3) is 0.500. The Labute approximate surface area is 124 Å². The monoisotopic (exact) mass is 291 g/mol. The van der Waals surface area contributed by atoms with Gasteiger partial charge < -0.3 is 14.7 Å². The van der Waals surface area contributed by atoms with E-state index < -0.39 is 5.97 Å². The molecule has 2 atom stereocenters. The third-order valence-electron chi connectivity index (χ3n) is 3.97. The zero-order valence-corrected chi connectivity index (χ0v) is 12.4. The van der Waals surface area contributed by atoms with Gasteiger partial charge in [-0.05, 0) is 30.4 Å². The number of hydrogen-bond acceptors (Lipinski definition) is 3. The summed E-state index contributed by atoms with van der Waals surface area (Å²) < 4.78 is 5.48. The van der Waals surface area contributed by atoms with Gasteiger partial charge in [0, 0.05) is 20.2 Å². The van der Waals surface area contributed by atoms with Crippen LogP contribution >= 0.6 is 0 Å². The summed E-state index contributed by atoms with van der Waals surface area (Å²) in [5, 5.41) is 9.15. The lowest BCUT2D eigenvalue weighted by molar-refractivity contribution is -0.141. The molecule has 1 saturated heterocycles. The number of likely N-dealkylation sites (N-methyl/N-ethyl adjacent to an activating group) is 1. The lowest BCUT2D eigenvalue weighted by Gasteiger charge is -2.23. The second-order valence-corrected chi connectivity index (χ2v) is 5.53. The van der Waals surface area contributed by atoms with Crippen LogP contribution in [0.1, 0.15) is 29.3 Å². The second-order valence-electron chi connectivity index (χ2n) is 5.53. The quantitative estimate of drug-likeness (QED) is 0.898. The van der Waals surface area contributed by atoms with Gasteiger partial charge in [0.05, 0.1) is 5.56 Å². The molecular weight excluding hydrogens is 270 g/mol. The van der Waals surface area contributed by atoms with Crippen molar-refractivity contribution in [1.82, 2.24) is 4.90 Å². The molecule has 2 rings (SSSR count). The average Bonchev–Trinajstić information content (AvgIpc) is 2.90. The predicted molar refractivity (Wildman–Crippen MR) is 78.3 cm³/mol. The first-order valence-electron chi connectivity index (χ1n) is 7.18. The van der Waals surface area contributed by atoms with Crippen molar-refractivity contribution in [1.29, 1.82) is 0 Å². The minimum atomic E-state index is -0.938. The van der Waals surface area contributed by atoms with Crippen LogP contribution in [-0.4, -0.2) is 48.2 Å². The highest BCUT2D eigenvalue weighted by atomic mass is 16.5. The van der Waals surface area contributed by atoms with Gasteiger partial charge in [-0.2, -0.15) is 0 Å². The molecule has 0 bridgehead atoms. The van der Waals surface area contributed by atoms with Crippen LogP contribution in [0.2, 0.25) is 0 Å². The number of rotatable bonds is 5. The van der Waals surface area contributed by atoms with E-state index >= 15 is 0 Å². The van der Waals surface area contributed by atoms with E-state index in [9.17, 15) is 9.59 Å². The van der Waals surface area contributed by atoms with Gasteiger partial charge >= 0.3 is 5.97 Å². The molecule has 2 unspecified atom stereocenters. The van der Waals surface area contributed by atoms with Crippen LogP contribution in [0.3, 0.4) is 0 Å². The molecule has 0 spiro atoms. The van der Waals surface area contributed by atoms with Crippen LogP contribution in [0.25, 0.3) is 0 Å². The lowest BCUT2D eigenvalue weighted by atomic mass is 10.0. The summed E-state index contributed by atoms with van der Waals surface area (Å²) in [6, 6.07) is 6.89. The van der Waals surface area contributed by atoms with Crippen LogP contribution < -0.4 is 0 Å². The van der Waals surface area contributed by atoms with Gasteiger partial charge in [-0.25, -0.2) is 4.79 Å². The van der Waals surface area contributed by atoms with Gasteiger partial charge in [-0.3, -0.25) is 4.79 Å². The Morgan fingerprint density at radius 3 is 2.71 bits per heavy atom. The minimum absolute atomic E-state index is 0.0205. The molecule has 0 aromatic heterocycles. The summed E-state index contributed by atoms with van der Waals surface area (Å²) in [4.78, 5) is 25.1. The Kier molecular flexibility index (Phi) is 4.96. The molecule has 1 aliphatic heterocycles. The van der Waals surface area contributed by atoms with Crippen LogP contribution in [-0.2, 0) is 16.0 Å². The molecule has 5 nitrogen and oxygen atoms in total. The van der Waals surface area contributed by atoms with E-state index in [0.717, 1.165) is 12.0 Å². The van der Waals surface area contributed by atoms with E-state index in [1.54, 1.807) is 30.1 Å². The van der Waals surface area contributed by atoms with Crippen molar-refractivity contribution in [3.63, 3.8) is 0 Å². The molecule has 1 N–H and O–H groups in total. The molecule has 5 heteroatoms. The van der Waals surface area contributed by atoms with Crippen molar-refractivity contribution in [2.24, 2.45) is 5.92 Å². The lowest BCUT2D eigenvalue weighted by Crippen LogP contribution is -2.39. The van der Waals surface area contributed by atoms with Crippen LogP contribution in [0, 0.1) is 5.92 Å². The van der Waals surface area contributed by atoms with Gasteiger partial charge in [-0.1, -0.05) is 25.1 Å². The molecule has 1 aliphatic rings.